The number of thiophene rings is 1. The average Bonchev–Trinajstić information content (AvgIpc) is 3.70. The summed E-state index contributed by atoms with van der Waals surface area (Å²) < 4.78 is 47.9. The average molecular weight is 674 g/mol. The van der Waals surface area contributed by atoms with Gasteiger partial charge in [0, 0.05) is 21.4 Å². The lowest BCUT2D eigenvalue weighted by Crippen LogP contribution is -2.33. The number of benzene rings is 2. The van der Waals surface area contributed by atoms with Gasteiger partial charge in [-0.1, -0.05) is 41.3 Å². The second-order valence-corrected chi connectivity index (χ2v) is 13.2. The standard InChI is InChI=1S/C30H22F3N3O6S3/c1-2-42-28(40)15-9-11-16(12-10-15)34-20(37)14-35-27-24(45-29(35)41)21(19-8-5-13-43-19)22-23(44-27)26(39)36(25(22)38)18-7-4-3-6-17(18)30(31,32)33/h3-13,21-23H,2,14H2,1H3,(H,34,37). The number of ether oxygens (including phenoxy) is 1. The lowest BCUT2D eigenvalue weighted by molar-refractivity contribution is -0.137. The summed E-state index contributed by atoms with van der Waals surface area (Å²) in [5.41, 5.74) is -0.994. The molecule has 0 radical (unpaired) electrons. The molecule has 2 aromatic heterocycles. The molecular formula is C30H22F3N3O6S3. The van der Waals surface area contributed by atoms with E-state index in [2.05, 4.69) is 5.32 Å². The molecule has 4 aromatic rings. The highest BCUT2D eigenvalue weighted by Gasteiger charge is 2.58. The molecule has 3 atom stereocenters. The summed E-state index contributed by atoms with van der Waals surface area (Å²) in [7, 11) is 0. The Morgan fingerprint density at radius 2 is 1.71 bits per heavy atom. The van der Waals surface area contributed by atoms with E-state index < -0.39 is 69.6 Å². The van der Waals surface area contributed by atoms with Crippen molar-refractivity contribution < 1.29 is 37.1 Å². The number of thioether (sulfide) groups is 1. The number of thiazole rings is 1. The summed E-state index contributed by atoms with van der Waals surface area (Å²) in [6.07, 6.45) is -4.81. The van der Waals surface area contributed by atoms with Crippen LogP contribution in [0.4, 0.5) is 24.5 Å². The molecule has 232 valence electrons. The number of anilines is 2. The van der Waals surface area contributed by atoms with Crippen molar-refractivity contribution in [1.29, 1.82) is 0 Å². The molecule has 1 N–H and O–H groups in total. The van der Waals surface area contributed by atoms with Gasteiger partial charge < -0.3 is 10.1 Å². The number of rotatable bonds is 7. The normalized spacial score (nSPS) is 19.3. The van der Waals surface area contributed by atoms with Crippen molar-refractivity contribution in [2.75, 3.05) is 16.8 Å². The molecule has 1 fully saturated rings. The smallest absolute Gasteiger partial charge is 0.418 e. The van der Waals surface area contributed by atoms with Gasteiger partial charge in [-0.05, 0) is 54.8 Å². The van der Waals surface area contributed by atoms with Crippen molar-refractivity contribution in [3.05, 3.63) is 96.6 Å². The number of halogens is 3. The van der Waals surface area contributed by atoms with Gasteiger partial charge in [0.2, 0.25) is 17.7 Å². The predicted molar refractivity (Wildman–Crippen MR) is 163 cm³/mol. The first-order chi connectivity index (χ1) is 21.5. The van der Waals surface area contributed by atoms with Gasteiger partial charge in [-0.3, -0.25) is 23.7 Å². The summed E-state index contributed by atoms with van der Waals surface area (Å²) in [5, 5.41) is 3.62. The van der Waals surface area contributed by atoms with E-state index in [0.717, 1.165) is 35.2 Å². The van der Waals surface area contributed by atoms with Crippen molar-refractivity contribution in [2.24, 2.45) is 5.92 Å². The molecule has 2 aliphatic rings. The molecule has 6 rings (SSSR count). The van der Waals surface area contributed by atoms with Crippen LogP contribution in [0.25, 0.3) is 0 Å². The molecule has 1 saturated heterocycles. The minimum Gasteiger partial charge on any atom is -0.462 e. The van der Waals surface area contributed by atoms with Gasteiger partial charge in [-0.25, -0.2) is 9.69 Å². The van der Waals surface area contributed by atoms with Crippen LogP contribution in [-0.2, 0) is 31.8 Å². The van der Waals surface area contributed by atoms with Gasteiger partial charge in [-0.2, -0.15) is 13.2 Å². The van der Waals surface area contributed by atoms with Gasteiger partial charge in [0.1, 0.15) is 11.8 Å². The van der Waals surface area contributed by atoms with Crippen LogP contribution in [0.1, 0.15) is 38.5 Å². The topological polar surface area (TPSA) is 115 Å². The van der Waals surface area contributed by atoms with Gasteiger partial charge in [0.25, 0.3) is 0 Å². The maximum absolute atomic E-state index is 13.9. The van der Waals surface area contributed by atoms with E-state index in [1.54, 1.807) is 24.4 Å². The van der Waals surface area contributed by atoms with Crippen molar-refractivity contribution in [2.45, 2.75) is 35.8 Å². The lowest BCUT2D eigenvalue weighted by atomic mass is 9.87. The molecule has 9 nitrogen and oxygen atoms in total. The van der Waals surface area contributed by atoms with E-state index in [0.29, 0.717) is 30.9 Å². The van der Waals surface area contributed by atoms with Crippen LogP contribution in [0.3, 0.4) is 0 Å². The van der Waals surface area contributed by atoms with E-state index in [1.165, 1.54) is 52.3 Å². The first kappa shape index (κ1) is 30.8. The molecule has 2 aliphatic heterocycles. The maximum atomic E-state index is 13.9. The Kier molecular flexibility index (Phi) is 8.18. The lowest BCUT2D eigenvalue weighted by Gasteiger charge is -2.29. The van der Waals surface area contributed by atoms with Crippen LogP contribution in [0.2, 0.25) is 0 Å². The summed E-state index contributed by atoms with van der Waals surface area (Å²) in [5.74, 6) is -4.52. The van der Waals surface area contributed by atoms with Crippen LogP contribution < -0.4 is 15.1 Å². The Morgan fingerprint density at radius 3 is 2.38 bits per heavy atom. The SMILES string of the molecule is CCOC(=O)c1ccc(NC(=O)Cn2c3c(sc2=O)C(c2cccs2)C2C(=O)N(c4ccccc4C(F)(F)F)C(=O)C2S3)cc1. The maximum Gasteiger partial charge on any atom is 0.418 e. The summed E-state index contributed by atoms with van der Waals surface area (Å²) in [6, 6.07) is 13.9. The summed E-state index contributed by atoms with van der Waals surface area (Å²) >= 11 is 3.05. The molecule has 3 amide bonds. The Labute approximate surface area is 265 Å². The zero-order valence-electron chi connectivity index (χ0n) is 23.2. The van der Waals surface area contributed by atoms with Crippen LogP contribution in [0.15, 0.2) is 75.9 Å². The van der Waals surface area contributed by atoms with Crippen LogP contribution in [0.5, 0.6) is 0 Å². The first-order valence-corrected chi connectivity index (χ1v) is 16.1. The fourth-order valence-electron chi connectivity index (χ4n) is 5.42. The zero-order valence-corrected chi connectivity index (χ0v) is 25.6. The van der Waals surface area contributed by atoms with Gasteiger partial charge >= 0.3 is 17.0 Å². The number of amides is 3. The fraction of sp³-hybridized carbons (Fsp3) is 0.233. The summed E-state index contributed by atoms with van der Waals surface area (Å²) in [4.78, 5) is 67.1. The van der Waals surface area contributed by atoms with Crippen LogP contribution in [-0.4, -0.2) is 40.1 Å². The van der Waals surface area contributed by atoms with Crippen molar-refractivity contribution >= 4 is 69.5 Å². The molecule has 45 heavy (non-hydrogen) atoms. The molecule has 4 heterocycles. The Morgan fingerprint density at radius 1 is 0.978 bits per heavy atom. The first-order valence-electron chi connectivity index (χ1n) is 13.5. The zero-order chi connectivity index (χ0) is 32.0. The van der Waals surface area contributed by atoms with E-state index in [4.69, 9.17) is 4.74 Å². The second-order valence-electron chi connectivity index (χ2n) is 10.1. The van der Waals surface area contributed by atoms with Gasteiger partial charge in [-0.15, -0.1) is 11.3 Å². The Balaban J connectivity index is 1.33. The number of para-hydroxylation sites is 1. The minimum atomic E-state index is -4.81. The highest BCUT2D eigenvalue weighted by Crippen LogP contribution is 2.55. The number of carbonyl (C=O) groups is 4. The second kappa shape index (κ2) is 11.9. The van der Waals surface area contributed by atoms with Crippen molar-refractivity contribution in [3.8, 4) is 0 Å². The molecule has 0 aliphatic carbocycles. The molecule has 0 saturated carbocycles. The highest BCUT2D eigenvalue weighted by molar-refractivity contribution is 8.00. The number of carbonyl (C=O) groups excluding carboxylic acids is 4. The van der Waals surface area contributed by atoms with Gasteiger partial charge in [0.05, 0.1) is 34.4 Å². The molecule has 3 unspecified atom stereocenters. The van der Waals surface area contributed by atoms with E-state index >= 15 is 0 Å². The fourth-order valence-corrected chi connectivity index (χ4v) is 9.15. The molecule has 15 heteroatoms. The predicted octanol–water partition coefficient (Wildman–Crippen LogP) is 5.60. The number of hydrogen-bond acceptors (Lipinski definition) is 9. The number of nitrogens with zero attached hydrogens (tertiary/aromatic N) is 2. The number of hydrogen-bond donors (Lipinski definition) is 1. The third-order valence-electron chi connectivity index (χ3n) is 7.33. The van der Waals surface area contributed by atoms with Crippen LogP contribution >= 0.6 is 34.4 Å². The summed E-state index contributed by atoms with van der Waals surface area (Å²) in [6.45, 7) is 1.47. The van der Waals surface area contributed by atoms with Crippen molar-refractivity contribution in [3.63, 3.8) is 0 Å². The number of imide groups is 1. The number of aromatic nitrogens is 1. The quantitative estimate of drug-likeness (QED) is 0.201. The number of nitrogens with one attached hydrogen (secondary N) is 1. The highest BCUT2D eigenvalue weighted by atomic mass is 32.2. The number of alkyl halides is 3. The van der Waals surface area contributed by atoms with Gasteiger partial charge in [0.15, 0.2) is 0 Å². The number of esters is 1. The minimum absolute atomic E-state index is 0.211. The monoisotopic (exact) mass is 673 g/mol. The molecule has 0 bridgehead atoms. The largest absolute Gasteiger partial charge is 0.462 e. The van der Waals surface area contributed by atoms with E-state index in [9.17, 15) is 37.1 Å². The van der Waals surface area contributed by atoms with Crippen molar-refractivity contribution in [1.82, 2.24) is 4.57 Å². The molecule has 2 aromatic carbocycles. The Bertz CT molecular complexity index is 1870. The van der Waals surface area contributed by atoms with E-state index in [-0.39, 0.29) is 6.61 Å². The van der Waals surface area contributed by atoms with Crippen LogP contribution in [0, 0.1) is 5.92 Å². The molecular weight excluding hydrogens is 652 g/mol. The third-order valence-corrected chi connectivity index (χ3v) is 10.9. The molecule has 0 spiro atoms. The Hall–Kier alpha value is -4.21. The third kappa shape index (κ3) is 5.59. The number of fused-ring (bicyclic) bond motifs is 2. The van der Waals surface area contributed by atoms with E-state index in [1.807, 2.05) is 0 Å².